The van der Waals surface area contributed by atoms with E-state index >= 15 is 0 Å². The van der Waals surface area contributed by atoms with Gasteiger partial charge < -0.3 is 14.3 Å². The van der Waals surface area contributed by atoms with Crippen LogP contribution in [-0.4, -0.2) is 64.3 Å². The van der Waals surface area contributed by atoms with E-state index in [-0.39, 0.29) is 11.4 Å². The molecule has 3 heterocycles. The number of aromatic nitrogens is 1. The summed E-state index contributed by atoms with van der Waals surface area (Å²) >= 11 is 3.54. The number of benzene rings is 2. The molecule has 0 saturated carbocycles. The molecule has 2 aliphatic rings. The lowest BCUT2D eigenvalue weighted by atomic mass is 9.82. The summed E-state index contributed by atoms with van der Waals surface area (Å²) in [6.07, 6.45) is 6.24. The molecule has 1 aromatic heterocycles. The van der Waals surface area contributed by atoms with Crippen molar-refractivity contribution < 1.29 is 9.63 Å². The zero-order chi connectivity index (χ0) is 26.7. The highest BCUT2D eigenvalue weighted by Crippen LogP contribution is 2.34. The topological polar surface area (TPSA) is 50.1 Å². The van der Waals surface area contributed by atoms with Crippen molar-refractivity contribution in [1.29, 1.82) is 0 Å². The molecule has 1 amide bonds. The highest BCUT2D eigenvalue weighted by molar-refractivity contribution is 9.10. The number of aryl methyl sites for hydroxylation is 1. The standard InChI is InChI=1S/C31H39BrN4O2/c1-4-34-17-12-25-22-26(8-11-28(25)34)30(37)35-20-15-31(3,16-21-35)36-18-13-24(14-19-36)29(33-38-5-2)23-6-9-27(32)10-7-23/h6-12,17,22,24H,4-5,13-16,18-21H2,1-3H3/b33-29-. The van der Waals surface area contributed by atoms with Crippen LogP contribution in [0.4, 0.5) is 0 Å². The molecule has 0 radical (unpaired) electrons. The molecule has 0 N–H and O–H groups in total. The largest absolute Gasteiger partial charge is 0.396 e. The predicted octanol–water partition coefficient (Wildman–Crippen LogP) is 6.57. The molecule has 0 atom stereocenters. The normalized spacial score (nSPS) is 19.2. The Bertz CT molecular complexity index is 1280. The van der Waals surface area contributed by atoms with E-state index in [1.807, 2.05) is 17.9 Å². The van der Waals surface area contributed by atoms with Crippen LogP contribution in [0.3, 0.4) is 0 Å². The zero-order valence-corrected chi connectivity index (χ0v) is 24.4. The van der Waals surface area contributed by atoms with Crippen LogP contribution in [0.1, 0.15) is 62.4 Å². The Morgan fingerprint density at radius 1 is 1.00 bits per heavy atom. The highest BCUT2D eigenvalue weighted by Gasteiger charge is 2.39. The maximum atomic E-state index is 13.3. The van der Waals surface area contributed by atoms with Crippen LogP contribution in [0, 0.1) is 5.92 Å². The number of hydrogen-bond acceptors (Lipinski definition) is 4. The minimum Gasteiger partial charge on any atom is -0.396 e. The smallest absolute Gasteiger partial charge is 0.253 e. The third-order valence-electron chi connectivity index (χ3n) is 8.56. The molecule has 38 heavy (non-hydrogen) atoms. The summed E-state index contributed by atoms with van der Waals surface area (Å²) in [5, 5.41) is 5.68. The Balaban J connectivity index is 1.19. The maximum Gasteiger partial charge on any atom is 0.253 e. The second-order valence-corrected chi connectivity index (χ2v) is 11.7. The molecule has 2 aromatic carbocycles. The van der Waals surface area contributed by atoms with E-state index in [0.717, 1.165) is 85.1 Å². The second kappa shape index (κ2) is 11.6. The molecular weight excluding hydrogens is 540 g/mol. The SMILES string of the molecule is CCO/N=C(/c1ccc(Br)cc1)C1CCN(C2(C)CCN(C(=O)c3ccc4c(ccn4CC)c3)CC2)CC1. The Hall–Kier alpha value is -2.64. The molecule has 2 fully saturated rings. The fourth-order valence-corrected chi connectivity index (χ4v) is 6.37. The summed E-state index contributed by atoms with van der Waals surface area (Å²) in [7, 11) is 0. The third kappa shape index (κ3) is 5.55. The number of rotatable bonds is 7. The van der Waals surface area contributed by atoms with Crippen LogP contribution < -0.4 is 0 Å². The van der Waals surface area contributed by atoms with E-state index in [4.69, 9.17) is 4.84 Å². The number of fused-ring (bicyclic) bond motifs is 1. The van der Waals surface area contributed by atoms with Crippen LogP contribution in [0.25, 0.3) is 10.9 Å². The van der Waals surface area contributed by atoms with E-state index in [0.29, 0.717) is 12.5 Å². The molecule has 3 aromatic rings. The van der Waals surface area contributed by atoms with Crippen LogP contribution >= 0.6 is 15.9 Å². The molecule has 202 valence electrons. The lowest BCUT2D eigenvalue weighted by Gasteiger charge is -2.49. The predicted molar refractivity (Wildman–Crippen MR) is 158 cm³/mol. The molecule has 0 unspecified atom stereocenters. The van der Waals surface area contributed by atoms with Crippen molar-refractivity contribution in [3.63, 3.8) is 0 Å². The van der Waals surface area contributed by atoms with Crippen molar-refractivity contribution in [1.82, 2.24) is 14.4 Å². The fourth-order valence-electron chi connectivity index (χ4n) is 6.11. The molecule has 2 saturated heterocycles. The number of likely N-dealkylation sites (tertiary alicyclic amines) is 2. The molecule has 6 nitrogen and oxygen atoms in total. The number of piperidine rings is 2. The van der Waals surface area contributed by atoms with Crippen molar-refractivity contribution in [2.75, 3.05) is 32.8 Å². The fraction of sp³-hybridized carbons (Fsp3) is 0.484. The van der Waals surface area contributed by atoms with Gasteiger partial charge in [0.05, 0.1) is 5.71 Å². The first-order valence-electron chi connectivity index (χ1n) is 14.0. The van der Waals surface area contributed by atoms with Crippen molar-refractivity contribution in [3.8, 4) is 0 Å². The lowest BCUT2D eigenvalue weighted by Crippen LogP contribution is -2.56. The van der Waals surface area contributed by atoms with Gasteiger partial charge in [-0.3, -0.25) is 9.69 Å². The first-order chi connectivity index (χ1) is 18.4. The summed E-state index contributed by atoms with van der Waals surface area (Å²) in [6.45, 7) is 11.7. The van der Waals surface area contributed by atoms with Crippen LogP contribution in [0.15, 0.2) is 64.4 Å². The summed E-state index contributed by atoms with van der Waals surface area (Å²) in [5.74, 6) is 0.546. The Kier molecular flexibility index (Phi) is 8.24. The van der Waals surface area contributed by atoms with Crippen molar-refractivity contribution in [2.45, 2.75) is 58.5 Å². The van der Waals surface area contributed by atoms with Gasteiger partial charge in [0.1, 0.15) is 6.61 Å². The Morgan fingerprint density at radius 3 is 2.34 bits per heavy atom. The number of nitrogens with zero attached hydrogens (tertiary/aromatic N) is 4. The van der Waals surface area contributed by atoms with Crippen LogP contribution in [0.2, 0.25) is 0 Å². The summed E-state index contributed by atoms with van der Waals surface area (Å²) in [6, 6.07) is 16.6. The molecule has 7 heteroatoms. The van der Waals surface area contributed by atoms with Gasteiger partial charge >= 0.3 is 0 Å². The minimum absolute atomic E-state index is 0.124. The number of carbonyl (C=O) groups is 1. The first-order valence-corrected chi connectivity index (χ1v) is 14.8. The van der Waals surface area contributed by atoms with Gasteiger partial charge in [0.15, 0.2) is 0 Å². The van der Waals surface area contributed by atoms with Gasteiger partial charge in [-0.25, -0.2) is 0 Å². The van der Waals surface area contributed by atoms with Crippen molar-refractivity contribution in [3.05, 3.63) is 70.3 Å². The molecule has 2 aliphatic heterocycles. The average molecular weight is 580 g/mol. The monoisotopic (exact) mass is 578 g/mol. The van der Waals surface area contributed by atoms with Crippen LogP contribution in [-0.2, 0) is 11.4 Å². The van der Waals surface area contributed by atoms with Gasteiger partial charge in [-0.05, 0) is 102 Å². The number of carbonyl (C=O) groups excluding carboxylic acids is 1. The summed E-state index contributed by atoms with van der Waals surface area (Å²) in [5.41, 5.74) is 4.32. The molecule has 0 bridgehead atoms. The number of oxime groups is 1. The molecule has 5 rings (SSSR count). The van der Waals surface area contributed by atoms with E-state index in [2.05, 4.69) is 93.1 Å². The Labute approximate surface area is 234 Å². The van der Waals surface area contributed by atoms with E-state index in [1.165, 1.54) is 5.52 Å². The Morgan fingerprint density at radius 2 is 1.68 bits per heavy atom. The number of hydrogen-bond donors (Lipinski definition) is 0. The highest BCUT2D eigenvalue weighted by atomic mass is 79.9. The van der Waals surface area contributed by atoms with E-state index in [9.17, 15) is 4.79 Å². The molecular formula is C31H39BrN4O2. The third-order valence-corrected chi connectivity index (χ3v) is 9.09. The maximum absolute atomic E-state index is 13.3. The first kappa shape index (κ1) is 26.9. The minimum atomic E-state index is 0.124. The molecule has 0 spiro atoms. The average Bonchev–Trinajstić information content (AvgIpc) is 3.37. The second-order valence-electron chi connectivity index (χ2n) is 10.8. The van der Waals surface area contributed by atoms with E-state index < -0.39 is 0 Å². The van der Waals surface area contributed by atoms with E-state index in [1.54, 1.807) is 0 Å². The summed E-state index contributed by atoms with van der Waals surface area (Å²) < 4.78 is 3.28. The van der Waals surface area contributed by atoms with Gasteiger partial charge in [0, 0.05) is 58.2 Å². The lowest BCUT2D eigenvalue weighted by molar-refractivity contribution is 0.0161. The van der Waals surface area contributed by atoms with Gasteiger partial charge in [-0.2, -0.15) is 0 Å². The van der Waals surface area contributed by atoms with Gasteiger partial charge in [-0.1, -0.05) is 33.2 Å². The van der Waals surface area contributed by atoms with Gasteiger partial charge in [0.25, 0.3) is 5.91 Å². The van der Waals surface area contributed by atoms with Crippen LogP contribution in [0.5, 0.6) is 0 Å². The van der Waals surface area contributed by atoms with Gasteiger partial charge in [0.2, 0.25) is 0 Å². The van der Waals surface area contributed by atoms with Crippen molar-refractivity contribution in [2.24, 2.45) is 11.1 Å². The van der Waals surface area contributed by atoms with Crippen molar-refractivity contribution >= 4 is 38.5 Å². The number of halogens is 1. The molecule has 0 aliphatic carbocycles. The van der Waals surface area contributed by atoms with Gasteiger partial charge in [-0.15, -0.1) is 0 Å². The number of amides is 1. The quantitative estimate of drug-likeness (QED) is 0.235. The zero-order valence-electron chi connectivity index (χ0n) is 22.8. The summed E-state index contributed by atoms with van der Waals surface area (Å²) in [4.78, 5) is 23.6.